The minimum absolute atomic E-state index is 0.383. The van der Waals surface area contributed by atoms with Gasteiger partial charge < -0.3 is 10.1 Å². The lowest BCUT2D eigenvalue weighted by Crippen LogP contribution is -2.19. The van der Waals surface area contributed by atoms with Gasteiger partial charge in [0.15, 0.2) is 0 Å². The molecule has 1 heterocycles. The SMILES string of the molecule is COCCCCCNC(C)c1ccc(-c2ccncc2)cc1. The second-order valence-corrected chi connectivity index (χ2v) is 5.59. The monoisotopic (exact) mass is 298 g/mol. The predicted molar refractivity (Wildman–Crippen MR) is 91.8 cm³/mol. The van der Waals surface area contributed by atoms with E-state index in [4.69, 9.17) is 4.74 Å². The van der Waals surface area contributed by atoms with Crippen molar-refractivity contribution in [2.45, 2.75) is 32.2 Å². The van der Waals surface area contributed by atoms with Crippen LogP contribution in [0.15, 0.2) is 48.8 Å². The van der Waals surface area contributed by atoms with Crippen LogP contribution in [0.2, 0.25) is 0 Å². The molecule has 0 saturated carbocycles. The van der Waals surface area contributed by atoms with Crippen molar-refractivity contribution < 1.29 is 4.74 Å². The first-order valence-electron chi connectivity index (χ1n) is 8.04. The quantitative estimate of drug-likeness (QED) is 0.704. The molecule has 0 aliphatic rings. The minimum atomic E-state index is 0.383. The first-order valence-corrected chi connectivity index (χ1v) is 8.04. The molecule has 118 valence electrons. The molecular formula is C19H26N2O. The van der Waals surface area contributed by atoms with Gasteiger partial charge in [0.05, 0.1) is 0 Å². The molecule has 3 heteroatoms. The third-order valence-corrected chi connectivity index (χ3v) is 3.90. The Hall–Kier alpha value is -1.71. The average molecular weight is 298 g/mol. The van der Waals surface area contributed by atoms with Gasteiger partial charge in [-0.05, 0) is 61.6 Å². The van der Waals surface area contributed by atoms with E-state index in [2.05, 4.69) is 41.5 Å². The van der Waals surface area contributed by atoms with Crippen LogP contribution in [-0.4, -0.2) is 25.2 Å². The third kappa shape index (κ3) is 5.24. The smallest absolute Gasteiger partial charge is 0.0462 e. The average Bonchev–Trinajstić information content (AvgIpc) is 2.59. The molecule has 0 amide bonds. The van der Waals surface area contributed by atoms with Gasteiger partial charge in [0.1, 0.15) is 0 Å². The number of pyridine rings is 1. The van der Waals surface area contributed by atoms with E-state index in [1.54, 1.807) is 7.11 Å². The van der Waals surface area contributed by atoms with E-state index in [1.165, 1.54) is 29.5 Å². The fraction of sp³-hybridized carbons (Fsp3) is 0.421. The number of methoxy groups -OCH3 is 1. The van der Waals surface area contributed by atoms with Crippen molar-refractivity contribution >= 4 is 0 Å². The number of rotatable bonds is 9. The highest BCUT2D eigenvalue weighted by Gasteiger charge is 2.05. The van der Waals surface area contributed by atoms with Crippen molar-refractivity contribution in [3.8, 4) is 11.1 Å². The molecule has 0 aliphatic heterocycles. The second kappa shape index (κ2) is 9.34. The van der Waals surface area contributed by atoms with Crippen LogP contribution in [0, 0.1) is 0 Å². The van der Waals surface area contributed by atoms with Gasteiger partial charge in [0.25, 0.3) is 0 Å². The Morgan fingerprint density at radius 1 is 0.955 bits per heavy atom. The van der Waals surface area contributed by atoms with Crippen LogP contribution in [0.3, 0.4) is 0 Å². The summed E-state index contributed by atoms with van der Waals surface area (Å²) >= 11 is 0. The molecule has 0 radical (unpaired) electrons. The summed E-state index contributed by atoms with van der Waals surface area (Å²) in [5.74, 6) is 0. The van der Waals surface area contributed by atoms with E-state index in [0.29, 0.717) is 6.04 Å². The molecule has 1 N–H and O–H groups in total. The van der Waals surface area contributed by atoms with Crippen LogP contribution in [0.1, 0.15) is 37.8 Å². The van der Waals surface area contributed by atoms with E-state index >= 15 is 0 Å². The molecule has 1 aromatic carbocycles. The minimum Gasteiger partial charge on any atom is -0.385 e. The number of aromatic nitrogens is 1. The van der Waals surface area contributed by atoms with Crippen LogP contribution in [-0.2, 0) is 4.74 Å². The molecule has 0 saturated heterocycles. The molecule has 1 unspecified atom stereocenters. The number of benzene rings is 1. The zero-order valence-corrected chi connectivity index (χ0v) is 13.6. The summed E-state index contributed by atoms with van der Waals surface area (Å²) in [6, 6.07) is 13.2. The number of hydrogen-bond acceptors (Lipinski definition) is 3. The van der Waals surface area contributed by atoms with Gasteiger partial charge in [-0.15, -0.1) is 0 Å². The Balaban J connectivity index is 1.80. The first-order chi connectivity index (χ1) is 10.8. The number of unbranched alkanes of at least 4 members (excludes halogenated alkanes) is 2. The van der Waals surface area contributed by atoms with Crippen molar-refractivity contribution in [1.29, 1.82) is 0 Å². The maximum absolute atomic E-state index is 5.06. The van der Waals surface area contributed by atoms with E-state index in [-0.39, 0.29) is 0 Å². The van der Waals surface area contributed by atoms with Crippen LogP contribution in [0.4, 0.5) is 0 Å². The zero-order valence-electron chi connectivity index (χ0n) is 13.6. The molecule has 22 heavy (non-hydrogen) atoms. The summed E-state index contributed by atoms with van der Waals surface area (Å²) < 4.78 is 5.06. The van der Waals surface area contributed by atoms with Crippen LogP contribution in [0.25, 0.3) is 11.1 Å². The van der Waals surface area contributed by atoms with Gasteiger partial charge in [-0.1, -0.05) is 24.3 Å². The number of nitrogens with one attached hydrogen (secondary N) is 1. The molecule has 0 spiro atoms. The fourth-order valence-corrected chi connectivity index (χ4v) is 2.49. The molecule has 0 bridgehead atoms. The van der Waals surface area contributed by atoms with E-state index < -0.39 is 0 Å². The lowest BCUT2D eigenvalue weighted by Gasteiger charge is -2.15. The Morgan fingerprint density at radius 2 is 1.64 bits per heavy atom. The molecule has 0 fully saturated rings. The second-order valence-electron chi connectivity index (χ2n) is 5.59. The summed E-state index contributed by atoms with van der Waals surface area (Å²) in [6.07, 6.45) is 7.22. The molecule has 3 nitrogen and oxygen atoms in total. The summed E-state index contributed by atoms with van der Waals surface area (Å²) in [7, 11) is 1.76. The van der Waals surface area contributed by atoms with Gasteiger partial charge in [0.2, 0.25) is 0 Å². The van der Waals surface area contributed by atoms with Crippen molar-refractivity contribution in [1.82, 2.24) is 10.3 Å². The fourth-order valence-electron chi connectivity index (χ4n) is 2.49. The van der Waals surface area contributed by atoms with Crippen molar-refractivity contribution in [2.75, 3.05) is 20.3 Å². The van der Waals surface area contributed by atoms with Gasteiger partial charge in [-0.25, -0.2) is 0 Å². The lowest BCUT2D eigenvalue weighted by atomic mass is 10.0. The van der Waals surface area contributed by atoms with Gasteiger partial charge in [-0.3, -0.25) is 4.98 Å². The maximum atomic E-state index is 5.06. The summed E-state index contributed by atoms with van der Waals surface area (Å²) in [6.45, 7) is 4.14. The summed E-state index contributed by atoms with van der Waals surface area (Å²) in [5, 5.41) is 3.58. The van der Waals surface area contributed by atoms with Crippen LogP contribution < -0.4 is 5.32 Å². The molecule has 1 atom stereocenters. The van der Waals surface area contributed by atoms with Crippen LogP contribution >= 0.6 is 0 Å². The molecule has 1 aromatic heterocycles. The normalized spacial score (nSPS) is 12.3. The highest BCUT2D eigenvalue weighted by Crippen LogP contribution is 2.21. The van der Waals surface area contributed by atoms with Gasteiger partial charge in [0, 0.05) is 32.2 Å². The topological polar surface area (TPSA) is 34.1 Å². The molecule has 0 aliphatic carbocycles. The van der Waals surface area contributed by atoms with Crippen molar-refractivity contribution in [2.24, 2.45) is 0 Å². The van der Waals surface area contributed by atoms with Crippen LogP contribution in [0.5, 0.6) is 0 Å². The Labute approximate surface area is 133 Å². The lowest BCUT2D eigenvalue weighted by molar-refractivity contribution is 0.192. The Morgan fingerprint density at radius 3 is 2.32 bits per heavy atom. The zero-order chi connectivity index (χ0) is 15.6. The number of hydrogen-bond donors (Lipinski definition) is 1. The highest BCUT2D eigenvalue weighted by molar-refractivity contribution is 5.62. The standard InChI is InChI=1S/C19H26N2O/c1-16(21-12-4-3-5-15-22-2)17-6-8-18(9-7-17)19-10-13-20-14-11-19/h6-11,13-14,16,21H,3-5,12,15H2,1-2H3. The maximum Gasteiger partial charge on any atom is 0.0462 e. The molecule has 2 rings (SSSR count). The summed E-state index contributed by atoms with van der Waals surface area (Å²) in [5.41, 5.74) is 3.77. The van der Waals surface area contributed by atoms with E-state index in [1.807, 2.05) is 24.5 Å². The van der Waals surface area contributed by atoms with Crippen molar-refractivity contribution in [3.05, 3.63) is 54.4 Å². The van der Waals surface area contributed by atoms with E-state index in [9.17, 15) is 0 Å². The highest BCUT2D eigenvalue weighted by atomic mass is 16.5. The van der Waals surface area contributed by atoms with Gasteiger partial charge >= 0.3 is 0 Å². The van der Waals surface area contributed by atoms with Crippen molar-refractivity contribution in [3.63, 3.8) is 0 Å². The molecule has 2 aromatic rings. The predicted octanol–water partition coefficient (Wildman–Crippen LogP) is 4.22. The Bertz CT molecular complexity index is 525. The van der Waals surface area contributed by atoms with E-state index in [0.717, 1.165) is 19.6 Å². The third-order valence-electron chi connectivity index (χ3n) is 3.90. The first kappa shape index (κ1) is 16.7. The Kier molecular flexibility index (Phi) is 7.07. The summed E-state index contributed by atoms with van der Waals surface area (Å²) in [4.78, 5) is 4.06. The number of nitrogens with zero attached hydrogens (tertiary/aromatic N) is 1. The van der Waals surface area contributed by atoms with Gasteiger partial charge in [-0.2, -0.15) is 0 Å². The number of ether oxygens (including phenoxy) is 1. The molecular weight excluding hydrogens is 272 g/mol. The largest absolute Gasteiger partial charge is 0.385 e.